The fraction of sp³-hybridized carbons (Fsp3) is 0.821. The third-order valence-electron chi connectivity index (χ3n) is 10.4. The number of unbranched alkanes of at least 4 members (excludes halogenated alkanes) is 3. The van der Waals surface area contributed by atoms with Crippen molar-refractivity contribution in [1.29, 1.82) is 0 Å². The van der Waals surface area contributed by atoms with Crippen molar-refractivity contribution in [3.63, 3.8) is 0 Å². The SMILES string of the molecule is C=CC(=O)OCCOC(=O)NC1CC(C)(C)CC(C)(CNC(=O)OCCCCCCOCCC[Si](C)(C)O[Si](=O)[Si](=O)[Si](=O)[Si](=O)[Si](=O)[Si](=O)[Si](=O)[Si](=O)[Si](=O)[Si](=O)[Si](=O)[Si](=O)[Si](=O)[Si](=O)[Si](=O)[Si](=O)[Si](=O)[Si]=O)C1. The third-order valence-corrected chi connectivity index (χ3v) is 141. The molecule has 0 aliphatic heterocycles. The first-order chi connectivity index (χ1) is 34.8. The molecule has 1 aliphatic carbocycles. The van der Waals surface area contributed by atoms with Crippen LogP contribution in [-0.2, 0) is 108 Å². The quantitative estimate of drug-likeness (QED) is 0.0200. The van der Waals surface area contributed by atoms with Crippen LogP contribution in [0.2, 0.25) is 19.1 Å². The first-order valence-corrected chi connectivity index (χ1v) is 67.1. The Kier molecular flexibility index (Phi) is 32.4. The summed E-state index contributed by atoms with van der Waals surface area (Å²) in [7, 11) is -75.2. The standard InChI is InChI=1S/C28H51N2O26Si19/c1-7-24(31)53-16-17-55-26(33)30-23-19-27(2,3)21-28(4,20-23)22-29-25(32)54-15-11-9-8-10-13-52-14-12-18-75(5,6)56-58(35)60(37)62(39)64(41)66(43)68(45)70(47)72(49)74(51)73(50)71(48)69(46)67(44)65(42)63(40)61(38)59(36)57-34/h7,23H,1,8-22H2,2-6H3,(H,29,32)(H,30,33). The third kappa shape index (κ3) is 24.9. The van der Waals surface area contributed by atoms with Gasteiger partial charge in [-0.05, 0) is 74.9 Å². The number of carbonyl (C=O) groups excluding carboxylic acids is 3. The van der Waals surface area contributed by atoms with Gasteiger partial charge in [0.15, 0.2) is 0 Å². The summed E-state index contributed by atoms with van der Waals surface area (Å²) in [5.74, 6) is -0.625. The molecule has 0 spiro atoms. The number of nitrogens with one attached hydrogen (secondary N) is 2. The van der Waals surface area contributed by atoms with Crippen molar-refractivity contribution in [2.75, 3.05) is 39.6 Å². The Morgan fingerprint density at radius 3 is 1.44 bits per heavy atom. The number of esters is 1. The van der Waals surface area contributed by atoms with Gasteiger partial charge in [0.05, 0.1) is 6.61 Å². The molecule has 0 aromatic carbocycles. The van der Waals surface area contributed by atoms with Crippen LogP contribution in [0, 0.1) is 10.8 Å². The van der Waals surface area contributed by atoms with Gasteiger partial charge in [-0.2, -0.15) is 0 Å². The fourth-order valence-electron chi connectivity index (χ4n) is 7.21. The first-order valence-electron chi connectivity index (χ1n) is 22.3. The lowest BCUT2D eigenvalue weighted by Gasteiger charge is -2.46. The van der Waals surface area contributed by atoms with Gasteiger partial charge in [0.25, 0.3) is 0 Å². The average Bonchev–Trinajstić information content (AvgIpc) is 3.36. The minimum Gasteiger partial charge on any atom is -0.578 e. The van der Waals surface area contributed by atoms with E-state index in [1.807, 2.05) is 6.92 Å². The van der Waals surface area contributed by atoms with E-state index in [4.69, 9.17) is 23.1 Å². The van der Waals surface area contributed by atoms with Crippen molar-refractivity contribution < 1.29 is 118 Å². The van der Waals surface area contributed by atoms with E-state index in [0.29, 0.717) is 51.3 Å². The van der Waals surface area contributed by atoms with Gasteiger partial charge in [0.1, 0.15) is 13.2 Å². The van der Waals surface area contributed by atoms with Crippen LogP contribution in [0.15, 0.2) is 12.7 Å². The molecule has 28 nitrogen and oxygen atoms in total. The maximum atomic E-state index is 12.9. The minimum atomic E-state index is -4.41. The molecule has 2 unspecified atom stereocenters. The Bertz CT molecular complexity index is 2540. The van der Waals surface area contributed by atoms with Crippen molar-refractivity contribution in [1.82, 2.24) is 10.6 Å². The highest BCUT2D eigenvalue weighted by Crippen LogP contribution is 2.45. The van der Waals surface area contributed by atoms with E-state index in [0.717, 1.165) is 25.3 Å². The Hall–Kier alpha value is -1.97. The number of alkyl carbamates (subject to hydrolysis) is 2. The number of hydrogen-bond acceptors (Lipinski definition) is 26. The monoisotopic (exact) mass is 1360 g/mol. The van der Waals surface area contributed by atoms with Crippen molar-refractivity contribution in [2.45, 2.75) is 97.3 Å². The Morgan fingerprint density at radius 2 is 0.973 bits per heavy atom. The Labute approximate surface area is 452 Å². The first kappa shape index (κ1) is 71.0. The smallest absolute Gasteiger partial charge is 0.532 e. The second-order valence-corrected chi connectivity index (χ2v) is 104. The predicted octanol–water partition coefficient (Wildman–Crippen LogP) is -3.59. The van der Waals surface area contributed by atoms with E-state index in [-0.39, 0.29) is 43.3 Å². The van der Waals surface area contributed by atoms with E-state index in [2.05, 4.69) is 31.1 Å². The number of rotatable bonds is 37. The molecule has 0 aromatic heterocycles. The van der Waals surface area contributed by atoms with Gasteiger partial charge in [-0.1, -0.05) is 33.8 Å². The number of hydrogen-bond donors (Lipinski definition) is 2. The lowest BCUT2D eigenvalue weighted by molar-refractivity contribution is -0.138. The highest BCUT2D eigenvalue weighted by Gasteiger charge is 2.56. The molecule has 1 saturated carbocycles. The van der Waals surface area contributed by atoms with Gasteiger partial charge in [0.2, 0.25) is 8.32 Å². The summed E-state index contributed by atoms with van der Waals surface area (Å²) in [5, 5.41) is 5.69. The van der Waals surface area contributed by atoms with Crippen molar-refractivity contribution in [2.24, 2.45) is 10.8 Å². The predicted molar refractivity (Wildman–Crippen MR) is 268 cm³/mol. The zero-order chi connectivity index (χ0) is 57.6. The van der Waals surface area contributed by atoms with Crippen LogP contribution in [-0.4, -0.2) is 213 Å². The maximum Gasteiger partial charge on any atom is 0.532 e. The van der Waals surface area contributed by atoms with Crippen molar-refractivity contribution in [3.05, 3.63) is 12.7 Å². The highest BCUT2D eigenvalue weighted by atomic mass is 30.1. The molecule has 0 heterocycles. The molecule has 1 radical (unpaired) electrons. The molecule has 2 N–H and O–H groups in total. The lowest BCUT2D eigenvalue weighted by atomic mass is 9.62. The number of ether oxygens (including phenoxy) is 4. The summed E-state index contributed by atoms with van der Waals surface area (Å²) in [6, 6.07) is 0.0915. The molecule has 1 fully saturated rings. The Morgan fingerprint density at radius 1 is 0.560 bits per heavy atom. The zero-order valence-corrected chi connectivity index (χ0v) is 60.1. The lowest BCUT2D eigenvalue weighted by Crippen LogP contribution is -2.56. The summed E-state index contributed by atoms with van der Waals surface area (Å²) < 4.78 is 250. The molecule has 1 rings (SSSR count). The molecule has 1 aliphatic rings. The normalized spacial score (nSPS) is 15.4. The van der Waals surface area contributed by atoms with Crippen molar-refractivity contribution in [3.8, 4) is 0 Å². The van der Waals surface area contributed by atoms with E-state index in [1.165, 1.54) is 0 Å². The second-order valence-electron chi connectivity index (χ2n) is 18.0. The molecule has 2 amide bonds. The topological polar surface area (TPSA) is 429 Å². The number of amides is 2. The number of carbonyl (C=O) groups is 3. The summed E-state index contributed by atoms with van der Waals surface area (Å²) >= 11 is 0. The molecule has 0 saturated heterocycles. The van der Waals surface area contributed by atoms with E-state index in [9.17, 15) is 94.7 Å². The van der Waals surface area contributed by atoms with E-state index >= 15 is 0 Å². The van der Waals surface area contributed by atoms with Crippen LogP contribution >= 0.6 is 0 Å². The summed E-state index contributed by atoms with van der Waals surface area (Å²) in [6.45, 7) is 13.6. The van der Waals surface area contributed by atoms with Crippen LogP contribution in [0.5, 0.6) is 0 Å². The van der Waals surface area contributed by atoms with Crippen LogP contribution < -0.4 is 10.6 Å². The molecule has 0 aromatic rings. The van der Waals surface area contributed by atoms with Crippen LogP contribution in [0.3, 0.4) is 0 Å². The van der Waals surface area contributed by atoms with Gasteiger partial charge in [0, 0.05) is 31.9 Å². The van der Waals surface area contributed by atoms with Crippen molar-refractivity contribution >= 4 is 167 Å². The highest BCUT2D eigenvalue weighted by molar-refractivity contribution is 7.81. The van der Waals surface area contributed by atoms with Gasteiger partial charge < -0.3 is 114 Å². The summed E-state index contributed by atoms with van der Waals surface area (Å²) in [4.78, 5) is 36.0. The largest absolute Gasteiger partial charge is 0.578 e. The molecule has 405 valence electrons. The maximum absolute atomic E-state index is 12.9. The van der Waals surface area contributed by atoms with Gasteiger partial charge in [-0.25, -0.2) is 14.4 Å². The molecule has 2 atom stereocenters. The van der Waals surface area contributed by atoms with E-state index < -0.39 is 167 Å². The average molecular weight is 1370 g/mol. The van der Waals surface area contributed by atoms with Crippen LogP contribution in [0.25, 0.3) is 0 Å². The molecule has 0 bridgehead atoms. The molecule has 75 heavy (non-hydrogen) atoms. The summed E-state index contributed by atoms with van der Waals surface area (Å²) in [5.41, 5.74) is -0.498. The molecular formula is C28H51N2O26Si19. The summed E-state index contributed by atoms with van der Waals surface area (Å²) in [6.07, 6.45) is 5.05. The fourth-order valence-corrected chi connectivity index (χ4v) is 194. The second kappa shape index (κ2) is 34.2. The zero-order valence-electron chi connectivity index (χ0n) is 41.1. The Balaban J connectivity index is 2.47. The molecular weight excluding hydrogens is 1310 g/mol. The van der Waals surface area contributed by atoms with Gasteiger partial charge in [-0.3, -0.25) is 0 Å². The molecule has 47 heteroatoms. The van der Waals surface area contributed by atoms with Gasteiger partial charge >= 0.3 is 159 Å². The van der Waals surface area contributed by atoms with E-state index in [1.54, 1.807) is 13.1 Å². The van der Waals surface area contributed by atoms with Crippen LogP contribution in [0.1, 0.15) is 72.1 Å². The minimum absolute atomic E-state index is 0.104. The van der Waals surface area contributed by atoms with Gasteiger partial charge in [-0.15, -0.1) is 0 Å². The van der Waals surface area contributed by atoms with Crippen LogP contribution in [0.4, 0.5) is 9.59 Å².